The van der Waals surface area contributed by atoms with E-state index < -0.39 is 0 Å². The molecule has 5 heteroatoms. The number of para-hydroxylation sites is 1. The molecule has 1 aromatic heterocycles. The Balaban J connectivity index is 2.47. The largest absolute Gasteiger partial charge is 0.492 e. The molecule has 0 radical (unpaired) electrons. The minimum atomic E-state index is 0.193. The Morgan fingerprint density at radius 1 is 1.32 bits per heavy atom. The van der Waals surface area contributed by atoms with Gasteiger partial charge in [0.1, 0.15) is 11.3 Å². The van der Waals surface area contributed by atoms with Crippen molar-refractivity contribution in [1.29, 1.82) is 0 Å². The van der Waals surface area contributed by atoms with Crippen LogP contribution < -0.4 is 4.74 Å². The molecule has 2 aromatic rings. The van der Waals surface area contributed by atoms with E-state index in [-0.39, 0.29) is 6.04 Å². The Bertz CT molecular complexity index is 603. The Labute approximate surface area is 118 Å². The van der Waals surface area contributed by atoms with Gasteiger partial charge in [0.25, 0.3) is 0 Å². The zero-order valence-electron chi connectivity index (χ0n) is 11.6. The Morgan fingerprint density at radius 2 is 2.11 bits per heavy atom. The van der Waals surface area contributed by atoms with Gasteiger partial charge in [0.05, 0.1) is 24.8 Å². The van der Waals surface area contributed by atoms with Crippen LogP contribution in [0.25, 0.3) is 11.0 Å². The zero-order chi connectivity index (χ0) is 13.8. The molecule has 1 N–H and O–H groups in total. The molecule has 104 valence electrons. The molecule has 0 aliphatic carbocycles. The summed E-state index contributed by atoms with van der Waals surface area (Å²) in [6.07, 6.45) is 0. The number of nitrogens with zero attached hydrogens (tertiary/aromatic N) is 1. The van der Waals surface area contributed by atoms with Crippen LogP contribution in [-0.4, -0.2) is 29.4 Å². The van der Waals surface area contributed by atoms with Crippen LogP contribution in [0.2, 0.25) is 0 Å². The first-order valence-corrected chi connectivity index (χ1v) is 7.03. The Kier molecular flexibility index (Phi) is 4.61. The maximum atomic E-state index is 5.63. The average Bonchev–Trinajstić information content (AvgIpc) is 2.73. The van der Waals surface area contributed by atoms with Crippen LogP contribution in [0.5, 0.6) is 5.75 Å². The van der Waals surface area contributed by atoms with Gasteiger partial charge < -0.3 is 19.0 Å². The predicted octanol–water partition coefficient (Wildman–Crippen LogP) is 3.70. The number of benzene rings is 1. The highest BCUT2D eigenvalue weighted by Gasteiger charge is 2.13. The lowest BCUT2D eigenvalue weighted by atomic mass is 10.2. The molecule has 1 unspecified atom stereocenters. The van der Waals surface area contributed by atoms with Crippen LogP contribution in [-0.2, 0) is 4.74 Å². The van der Waals surface area contributed by atoms with Crippen LogP contribution in [0, 0.1) is 4.77 Å². The summed E-state index contributed by atoms with van der Waals surface area (Å²) in [5.41, 5.74) is 2.01. The van der Waals surface area contributed by atoms with Crippen molar-refractivity contribution in [2.45, 2.75) is 26.8 Å². The summed E-state index contributed by atoms with van der Waals surface area (Å²) >= 11 is 5.42. The van der Waals surface area contributed by atoms with E-state index in [2.05, 4.69) is 16.5 Å². The third-order valence-corrected chi connectivity index (χ3v) is 3.32. The lowest BCUT2D eigenvalue weighted by Crippen LogP contribution is -2.12. The molecule has 0 saturated carbocycles. The van der Waals surface area contributed by atoms with Crippen LogP contribution in [0.15, 0.2) is 18.2 Å². The van der Waals surface area contributed by atoms with Crippen molar-refractivity contribution >= 4 is 23.3 Å². The molecule has 2 rings (SSSR count). The van der Waals surface area contributed by atoms with Gasteiger partial charge in [-0.3, -0.25) is 0 Å². The van der Waals surface area contributed by atoms with Gasteiger partial charge in [0.2, 0.25) is 0 Å². The molecule has 1 heterocycles. The van der Waals surface area contributed by atoms with Crippen molar-refractivity contribution in [3.8, 4) is 5.75 Å². The second-order valence-electron chi connectivity index (χ2n) is 4.39. The van der Waals surface area contributed by atoms with Gasteiger partial charge in [-0.15, -0.1) is 0 Å². The molecule has 0 aliphatic heterocycles. The van der Waals surface area contributed by atoms with Gasteiger partial charge in [-0.2, -0.15) is 0 Å². The molecule has 0 aliphatic rings. The van der Waals surface area contributed by atoms with E-state index >= 15 is 0 Å². The van der Waals surface area contributed by atoms with Gasteiger partial charge in [0.15, 0.2) is 4.77 Å². The Hall–Kier alpha value is -1.33. The first kappa shape index (κ1) is 14.1. The molecule has 19 heavy (non-hydrogen) atoms. The molecule has 0 bridgehead atoms. The maximum Gasteiger partial charge on any atom is 0.178 e. The quantitative estimate of drug-likeness (QED) is 0.820. The lowest BCUT2D eigenvalue weighted by Gasteiger charge is -2.14. The van der Waals surface area contributed by atoms with Gasteiger partial charge in [0, 0.05) is 6.61 Å². The van der Waals surface area contributed by atoms with E-state index in [9.17, 15) is 0 Å². The number of hydrogen-bond donors (Lipinski definition) is 1. The van der Waals surface area contributed by atoms with Gasteiger partial charge in [-0.1, -0.05) is 6.07 Å². The predicted molar refractivity (Wildman–Crippen MR) is 79.5 cm³/mol. The van der Waals surface area contributed by atoms with Gasteiger partial charge >= 0.3 is 0 Å². The minimum absolute atomic E-state index is 0.193. The summed E-state index contributed by atoms with van der Waals surface area (Å²) in [6.45, 7) is 8.07. The summed E-state index contributed by atoms with van der Waals surface area (Å²) in [5, 5.41) is 0. The van der Waals surface area contributed by atoms with E-state index in [0.717, 1.165) is 16.8 Å². The smallest absolute Gasteiger partial charge is 0.178 e. The molecule has 1 atom stereocenters. The van der Waals surface area contributed by atoms with Crippen LogP contribution in [0.1, 0.15) is 26.8 Å². The second-order valence-corrected chi connectivity index (χ2v) is 4.78. The summed E-state index contributed by atoms with van der Waals surface area (Å²) in [6, 6.07) is 6.18. The fraction of sp³-hybridized carbons (Fsp3) is 0.500. The van der Waals surface area contributed by atoms with E-state index in [1.165, 1.54) is 0 Å². The third-order valence-electron chi connectivity index (χ3n) is 3.02. The minimum Gasteiger partial charge on any atom is -0.492 e. The normalized spacial score (nSPS) is 12.8. The molecule has 0 spiro atoms. The number of aromatic nitrogens is 2. The van der Waals surface area contributed by atoms with Crippen molar-refractivity contribution in [3.63, 3.8) is 0 Å². The summed E-state index contributed by atoms with van der Waals surface area (Å²) in [7, 11) is 0. The molecule has 4 nitrogen and oxygen atoms in total. The summed E-state index contributed by atoms with van der Waals surface area (Å²) < 4.78 is 13.9. The van der Waals surface area contributed by atoms with Gasteiger partial charge in [-0.05, 0) is 45.1 Å². The number of fused-ring (bicyclic) bond motifs is 1. The van der Waals surface area contributed by atoms with Crippen LogP contribution >= 0.6 is 12.2 Å². The van der Waals surface area contributed by atoms with E-state index in [1.807, 2.05) is 32.0 Å². The fourth-order valence-electron chi connectivity index (χ4n) is 2.20. The summed E-state index contributed by atoms with van der Waals surface area (Å²) in [4.78, 5) is 3.24. The number of ether oxygens (including phenoxy) is 2. The SMILES string of the molecule is CCOCC(C)n1c(=S)[nH]c2c(OCC)cccc21. The fourth-order valence-corrected chi connectivity index (χ4v) is 2.58. The number of aromatic amines is 1. The standard InChI is InChI=1S/C14H20N2O2S/c1-4-17-9-10(3)16-11-7-6-8-12(18-5-2)13(11)15-14(16)19/h6-8,10H,4-5,9H2,1-3H3,(H,15,19). The molecular formula is C14H20N2O2S. The average molecular weight is 280 g/mol. The van der Waals surface area contributed by atoms with Crippen molar-refractivity contribution in [2.24, 2.45) is 0 Å². The van der Waals surface area contributed by atoms with Gasteiger partial charge in [-0.25, -0.2) is 0 Å². The molecule has 0 fully saturated rings. The number of H-pyrrole nitrogens is 1. The first-order valence-electron chi connectivity index (χ1n) is 6.62. The number of hydrogen-bond acceptors (Lipinski definition) is 3. The topological polar surface area (TPSA) is 39.2 Å². The molecule has 0 amide bonds. The van der Waals surface area contributed by atoms with Crippen molar-refractivity contribution in [1.82, 2.24) is 9.55 Å². The lowest BCUT2D eigenvalue weighted by molar-refractivity contribution is 0.119. The third kappa shape index (κ3) is 2.82. The first-order chi connectivity index (χ1) is 9.19. The zero-order valence-corrected chi connectivity index (χ0v) is 12.4. The van der Waals surface area contributed by atoms with Crippen molar-refractivity contribution in [2.75, 3.05) is 19.8 Å². The van der Waals surface area contributed by atoms with Crippen molar-refractivity contribution < 1.29 is 9.47 Å². The highest BCUT2D eigenvalue weighted by Crippen LogP contribution is 2.27. The van der Waals surface area contributed by atoms with E-state index in [1.54, 1.807) is 0 Å². The molecule has 1 aromatic carbocycles. The highest BCUT2D eigenvalue weighted by molar-refractivity contribution is 7.71. The van der Waals surface area contributed by atoms with Crippen LogP contribution in [0.4, 0.5) is 0 Å². The highest BCUT2D eigenvalue weighted by atomic mass is 32.1. The number of imidazole rings is 1. The second kappa shape index (κ2) is 6.21. The Morgan fingerprint density at radius 3 is 2.79 bits per heavy atom. The van der Waals surface area contributed by atoms with E-state index in [4.69, 9.17) is 21.7 Å². The molecule has 0 saturated heterocycles. The molecular weight excluding hydrogens is 260 g/mol. The monoisotopic (exact) mass is 280 g/mol. The summed E-state index contributed by atoms with van der Waals surface area (Å²) in [5.74, 6) is 0.841. The number of nitrogens with one attached hydrogen (secondary N) is 1. The van der Waals surface area contributed by atoms with E-state index in [0.29, 0.717) is 24.6 Å². The maximum absolute atomic E-state index is 5.63. The van der Waals surface area contributed by atoms with Crippen molar-refractivity contribution in [3.05, 3.63) is 23.0 Å². The van der Waals surface area contributed by atoms with Crippen LogP contribution in [0.3, 0.4) is 0 Å². The number of rotatable bonds is 6.